The van der Waals surface area contributed by atoms with E-state index in [9.17, 15) is 14.9 Å². The Hall–Kier alpha value is -3.86. The van der Waals surface area contributed by atoms with Gasteiger partial charge in [0.25, 0.3) is 5.91 Å². The zero-order valence-electron chi connectivity index (χ0n) is 19.2. The van der Waals surface area contributed by atoms with Gasteiger partial charge >= 0.3 is 0 Å². The number of H-pyrrole nitrogens is 1. The lowest BCUT2D eigenvalue weighted by atomic mass is 9.93. The number of anilines is 1. The molecule has 172 valence electrons. The van der Waals surface area contributed by atoms with Crippen LogP contribution in [0.1, 0.15) is 61.8 Å². The van der Waals surface area contributed by atoms with E-state index in [2.05, 4.69) is 41.0 Å². The molecule has 0 bridgehead atoms. The molecule has 0 radical (unpaired) electrons. The summed E-state index contributed by atoms with van der Waals surface area (Å²) in [4.78, 5) is 31.5. The number of carbonyl (C=O) groups is 1. The number of carbonyl (C=O) groups excluding carboxylic acids is 1. The second kappa shape index (κ2) is 10.6. The number of rotatable bonds is 10. The molecule has 0 saturated carbocycles. The van der Waals surface area contributed by atoms with Crippen molar-refractivity contribution in [3.05, 3.63) is 70.0 Å². The summed E-state index contributed by atoms with van der Waals surface area (Å²) in [6.45, 7) is 10.5. The number of nitrogens with one attached hydrogen (secondary N) is 3. The minimum Gasteiger partial charge on any atom is -0.443 e. The van der Waals surface area contributed by atoms with Crippen molar-refractivity contribution in [1.82, 2.24) is 15.3 Å². The van der Waals surface area contributed by atoms with E-state index in [-0.39, 0.29) is 29.5 Å². The van der Waals surface area contributed by atoms with E-state index < -0.39 is 5.91 Å². The van der Waals surface area contributed by atoms with Gasteiger partial charge in [0.15, 0.2) is 5.58 Å². The summed E-state index contributed by atoms with van der Waals surface area (Å²) in [5.41, 5.74) is 1.95. The van der Waals surface area contributed by atoms with Gasteiger partial charge in [-0.25, -0.2) is 4.98 Å². The van der Waals surface area contributed by atoms with Crippen LogP contribution in [-0.2, 0) is 6.54 Å². The molecule has 3 rings (SSSR count). The zero-order valence-corrected chi connectivity index (χ0v) is 19.2. The molecular formula is C25H29N5O3. The first kappa shape index (κ1) is 23.8. The number of amides is 1. The lowest BCUT2D eigenvalue weighted by Crippen LogP contribution is -2.25. The van der Waals surface area contributed by atoms with E-state index in [4.69, 9.17) is 4.42 Å². The fourth-order valence-electron chi connectivity index (χ4n) is 3.68. The Morgan fingerprint density at radius 1 is 1.39 bits per heavy atom. The van der Waals surface area contributed by atoms with Gasteiger partial charge < -0.3 is 20.0 Å². The molecule has 3 aromatic rings. The van der Waals surface area contributed by atoms with E-state index in [1.54, 1.807) is 18.2 Å². The molecule has 8 nitrogen and oxygen atoms in total. The molecule has 0 aliphatic carbocycles. The Labute approximate surface area is 192 Å². The van der Waals surface area contributed by atoms with Crippen molar-refractivity contribution in [3.8, 4) is 6.07 Å². The minimum absolute atomic E-state index is 0.0796. The molecule has 3 aromatic heterocycles. The van der Waals surface area contributed by atoms with Crippen LogP contribution in [0.3, 0.4) is 0 Å². The van der Waals surface area contributed by atoms with Crippen molar-refractivity contribution >= 4 is 22.7 Å². The summed E-state index contributed by atoms with van der Waals surface area (Å²) in [5, 5.41) is 16.2. The van der Waals surface area contributed by atoms with Crippen molar-refractivity contribution in [2.45, 2.75) is 52.6 Å². The van der Waals surface area contributed by atoms with Gasteiger partial charge in [-0.2, -0.15) is 5.26 Å². The fraction of sp³-hybridized carbons (Fsp3) is 0.360. The largest absolute Gasteiger partial charge is 0.443 e. The molecule has 2 atom stereocenters. The van der Waals surface area contributed by atoms with Gasteiger partial charge in [-0.1, -0.05) is 38.5 Å². The molecule has 8 heteroatoms. The SMILES string of the molecule is C=C(C)C(C)CC(CCC)Nc1cc2c(C(=O)NCc3cccc(=O)[nH]3)c(C#N)oc2cn1. The quantitative estimate of drug-likeness (QED) is 0.393. The number of pyridine rings is 2. The smallest absolute Gasteiger partial charge is 0.256 e. The van der Waals surface area contributed by atoms with Crippen molar-refractivity contribution in [3.63, 3.8) is 0 Å². The number of aromatic nitrogens is 2. The summed E-state index contributed by atoms with van der Waals surface area (Å²) in [5.74, 6) is 0.432. The molecule has 3 N–H and O–H groups in total. The highest BCUT2D eigenvalue weighted by atomic mass is 16.3. The number of hydrogen-bond acceptors (Lipinski definition) is 6. The Morgan fingerprint density at radius 3 is 2.85 bits per heavy atom. The third kappa shape index (κ3) is 5.89. The molecule has 0 spiro atoms. The molecule has 1 amide bonds. The molecule has 0 saturated heterocycles. The number of fused-ring (bicyclic) bond motifs is 1. The van der Waals surface area contributed by atoms with Crippen LogP contribution in [0.2, 0.25) is 0 Å². The van der Waals surface area contributed by atoms with Crippen molar-refractivity contribution in [2.75, 3.05) is 5.32 Å². The molecule has 0 aliphatic rings. The van der Waals surface area contributed by atoms with Gasteiger partial charge in [-0.15, -0.1) is 0 Å². The Bertz CT molecular complexity index is 1250. The number of hydrogen-bond donors (Lipinski definition) is 3. The van der Waals surface area contributed by atoms with Crippen LogP contribution in [0.25, 0.3) is 11.0 Å². The fourth-order valence-corrected chi connectivity index (χ4v) is 3.68. The van der Waals surface area contributed by atoms with Crippen LogP contribution in [-0.4, -0.2) is 21.9 Å². The van der Waals surface area contributed by atoms with Crippen LogP contribution in [0.15, 0.2) is 51.8 Å². The number of allylic oxidation sites excluding steroid dienone is 1. The third-order valence-corrected chi connectivity index (χ3v) is 5.64. The summed E-state index contributed by atoms with van der Waals surface area (Å²) in [6.07, 6.45) is 4.42. The first-order valence-electron chi connectivity index (χ1n) is 11.0. The van der Waals surface area contributed by atoms with E-state index in [1.165, 1.54) is 12.3 Å². The first-order chi connectivity index (χ1) is 15.8. The van der Waals surface area contributed by atoms with Gasteiger partial charge in [0.2, 0.25) is 11.3 Å². The topological polar surface area (TPSA) is 124 Å². The predicted octanol–water partition coefficient (Wildman–Crippen LogP) is 4.50. The monoisotopic (exact) mass is 447 g/mol. The maximum atomic E-state index is 12.9. The van der Waals surface area contributed by atoms with Crippen LogP contribution in [0.4, 0.5) is 5.82 Å². The summed E-state index contributed by atoms with van der Waals surface area (Å²) >= 11 is 0. The Balaban J connectivity index is 1.86. The van der Waals surface area contributed by atoms with E-state index in [0.717, 1.165) is 24.8 Å². The maximum Gasteiger partial charge on any atom is 0.256 e. The van der Waals surface area contributed by atoms with E-state index >= 15 is 0 Å². The van der Waals surface area contributed by atoms with Crippen LogP contribution < -0.4 is 16.2 Å². The molecule has 0 aromatic carbocycles. The Kier molecular flexibility index (Phi) is 7.67. The average molecular weight is 448 g/mol. The van der Waals surface area contributed by atoms with Gasteiger partial charge in [-0.3, -0.25) is 9.59 Å². The summed E-state index contributed by atoms with van der Waals surface area (Å²) < 4.78 is 5.56. The molecule has 2 unspecified atom stereocenters. The molecule has 0 fully saturated rings. The van der Waals surface area contributed by atoms with Crippen molar-refractivity contribution < 1.29 is 9.21 Å². The van der Waals surface area contributed by atoms with E-state index in [0.29, 0.717) is 28.4 Å². The highest BCUT2D eigenvalue weighted by molar-refractivity contribution is 6.08. The highest BCUT2D eigenvalue weighted by Crippen LogP contribution is 2.28. The van der Waals surface area contributed by atoms with E-state index in [1.807, 2.05) is 13.0 Å². The highest BCUT2D eigenvalue weighted by Gasteiger charge is 2.22. The minimum atomic E-state index is -0.465. The van der Waals surface area contributed by atoms with Crippen molar-refractivity contribution in [1.29, 1.82) is 5.26 Å². The standard InChI is InChI=1S/C25H29N5O3/c1-5-7-17(10-16(4)15(2)3)29-22-11-19-21(14-27-22)33-20(12-26)24(19)25(32)28-13-18-8-6-9-23(31)30-18/h6,8-9,11,14,16-17H,2,5,7,10,13H2,1,3-4H3,(H,27,29)(H,28,32)(H,30,31). The summed E-state index contributed by atoms with van der Waals surface area (Å²) in [7, 11) is 0. The zero-order chi connectivity index (χ0) is 24.0. The lowest BCUT2D eigenvalue weighted by Gasteiger charge is -2.22. The average Bonchev–Trinajstić information content (AvgIpc) is 3.15. The molecular weight excluding hydrogens is 418 g/mol. The predicted molar refractivity (Wildman–Crippen MR) is 128 cm³/mol. The second-order valence-corrected chi connectivity index (χ2v) is 8.32. The lowest BCUT2D eigenvalue weighted by molar-refractivity contribution is 0.0951. The number of aromatic amines is 1. The molecule has 0 aliphatic heterocycles. The van der Waals surface area contributed by atoms with Crippen LogP contribution >= 0.6 is 0 Å². The van der Waals surface area contributed by atoms with Gasteiger partial charge in [0.05, 0.1) is 12.7 Å². The number of furan rings is 1. The van der Waals surface area contributed by atoms with Gasteiger partial charge in [0.1, 0.15) is 17.5 Å². The first-order valence-corrected chi connectivity index (χ1v) is 11.0. The number of nitriles is 1. The normalized spacial score (nSPS) is 12.7. The van der Waals surface area contributed by atoms with Gasteiger partial charge in [-0.05, 0) is 37.8 Å². The maximum absolute atomic E-state index is 12.9. The summed E-state index contributed by atoms with van der Waals surface area (Å²) in [6, 6.07) is 8.59. The van der Waals surface area contributed by atoms with Crippen LogP contribution in [0.5, 0.6) is 0 Å². The molecule has 33 heavy (non-hydrogen) atoms. The number of nitrogens with zero attached hydrogens (tertiary/aromatic N) is 2. The molecule has 3 heterocycles. The van der Waals surface area contributed by atoms with Crippen molar-refractivity contribution in [2.24, 2.45) is 5.92 Å². The Morgan fingerprint density at radius 2 is 2.18 bits per heavy atom. The third-order valence-electron chi connectivity index (χ3n) is 5.64. The second-order valence-electron chi connectivity index (χ2n) is 8.32. The van der Waals surface area contributed by atoms with Gasteiger partial charge in [0, 0.05) is 23.2 Å². The van der Waals surface area contributed by atoms with Crippen LogP contribution in [0, 0.1) is 17.2 Å².